The molecule has 2 aromatic heterocycles. The number of hydrogen-bond donors (Lipinski definition) is 1. The zero-order chi connectivity index (χ0) is 17.6. The van der Waals surface area contributed by atoms with Crippen LogP contribution in [0.4, 0.5) is 0 Å². The maximum absolute atomic E-state index is 13.1. The van der Waals surface area contributed by atoms with E-state index >= 15 is 0 Å². The van der Waals surface area contributed by atoms with Crippen LogP contribution in [0.2, 0.25) is 0 Å². The maximum Gasteiger partial charge on any atom is 0.252 e. The quantitative estimate of drug-likeness (QED) is 0.928. The van der Waals surface area contributed by atoms with Gasteiger partial charge in [-0.15, -0.1) is 0 Å². The van der Waals surface area contributed by atoms with Gasteiger partial charge in [0.25, 0.3) is 5.91 Å². The molecule has 6 nitrogen and oxygen atoms in total. The molecular formula is C19H27N5O. The van der Waals surface area contributed by atoms with E-state index in [0.717, 1.165) is 48.2 Å². The zero-order valence-electron chi connectivity index (χ0n) is 15.3. The number of likely N-dealkylation sites (tertiary alicyclic amines) is 1. The number of nitrogens with zero attached hydrogens (tertiary/aromatic N) is 4. The van der Waals surface area contributed by atoms with E-state index < -0.39 is 0 Å². The molecule has 2 aliphatic rings. The third-order valence-electron chi connectivity index (χ3n) is 5.79. The summed E-state index contributed by atoms with van der Waals surface area (Å²) >= 11 is 0. The minimum atomic E-state index is 0.0112. The van der Waals surface area contributed by atoms with E-state index in [1.165, 1.54) is 12.8 Å². The highest BCUT2D eigenvalue weighted by Gasteiger charge is 2.30. The molecule has 0 aromatic carbocycles. The Morgan fingerprint density at radius 2 is 2.16 bits per heavy atom. The van der Waals surface area contributed by atoms with Gasteiger partial charge in [0.2, 0.25) is 0 Å². The molecule has 1 N–H and O–H groups in total. The van der Waals surface area contributed by atoms with Crippen LogP contribution in [-0.4, -0.2) is 51.2 Å². The number of likely N-dealkylation sites (N-methyl/N-ethyl adjacent to an activating group) is 1. The van der Waals surface area contributed by atoms with E-state index in [9.17, 15) is 4.79 Å². The minimum Gasteiger partial charge on any atom is -0.348 e. The van der Waals surface area contributed by atoms with Crippen molar-refractivity contribution in [3.8, 4) is 0 Å². The first kappa shape index (κ1) is 16.5. The van der Waals surface area contributed by atoms with Crippen LogP contribution in [0, 0.1) is 0 Å². The van der Waals surface area contributed by atoms with Crippen LogP contribution in [0.3, 0.4) is 0 Å². The second kappa shape index (κ2) is 6.41. The summed E-state index contributed by atoms with van der Waals surface area (Å²) in [6.07, 6.45) is 6.29. The maximum atomic E-state index is 13.1. The van der Waals surface area contributed by atoms with Crippen molar-refractivity contribution in [3.63, 3.8) is 0 Å². The second-order valence-electron chi connectivity index (χ2n) is 7.51. The van der Waals surface area contributed by atoms with Gasteiger partial charge in [0, 0.05) is 30.2 Å². The van der Waals surface area contributed by atoms with Gasteiger partial charge in [-0.25, -0.2) is 9.67 Å². The van der Waals surface area contributed by atoms with Gasteiger partial charge in [-0.05, 0) is 59.2 Å². The Bertz CT molecular complexity index is 794. The van der Waals surface area contributed by atoms with Gasteiger partial charge in [-0.2, -0.15) is 5.10 Å². The van der Waals surface area contributed by atoms with E-state index in [4.69, 9.17) is 4.98 Å². The summed E-state index contributed by atoms with van der Waals surface area (Å²) < 4.78 is 1.88. The molecule has 2 unspecified atom stereocenters. The van der Waals surface area contributed by atoms with Gasteiger partial charge in [0.1, 0.15) is 0 Å². The number of rotatable bonds is 4. The van der Waals surface area contributed by atoms with Crippen molar-refractivity contribution in [2.45, 2.75) is 64.1 Å². The molecule has 2 atom stereocenters. The highest BCUT2D eigenvalue weighted by atomic mass is 16.1. The van der Waals surface area contributed by atoms with Gasteiger partial charge in [-0.3, -0.25) is 4.79 Å². The average molecular weight is 341 g/mol. The lowest BCUT2D eigenvalue weighted by Crippen LogP contribution is -2.52. The number of amides is 1. The molecule has 0 radical (unpaired) electrons. The number of carbonyl (C=O) groups is 1. The van der Waals surface area contributed by atoms with Crippen molar-refractivity contribution in [1.29, 1.82) is 0 Å². The monoisotopic (exact) mass is 341 g/mol. The predicted octanol–water partition coefficient (Wildman–Crippen LogP) is 2.54. The first-order valence-corrected chi connectivity index (χ1v) is 9.46. The fourth-order valence-corrected chi connectivity index (χ4v) is 3.83. The summed E-state index contributed by atoms with van der Waals surface area (Å²) in [5.74, 6) is 0.521. The third kappa shape index (κ3) is 3.03. The van der Waals surface area contributed by atoms with Crippen molar-refractivity contribution in [2.24, 2.45) is 0 Å². The van der Waals surface area contributed by atoms with Gasteiger partial charge in [-0.1, -0.05) is 0 Å². The van der Waals surface area contributed by atoms with Crippen LogP contribution in [0.5, 0.6) is 0 Å². The first-order valence-electron chi connectivity index (χ1n) is 9.46. The topological polar surface area (TPSA) is 63.1 Å². The average Bonchev–Trinajstić information content (AvgIpc) is 3.38. The number of nitrogens with one attached hydrogen (secondary N) is 1. The van der Waals surface area contributed by atoms with Gasteiger partial charge in [0.05, 0.1) is 17.1 Å². The third-order valence-corrected chi connectivity index (χ3v) is 5.79. The van der Waals surface area contributed by atoms with E-state index in [1.54, 1.807) is 6.20 Å². The molecule has 0 spiro atoms. The van der Waals surface area contributed by atoms with Crippen molar-refractivity contribution < 1.29 is 4.79 Å². The summed E-state index contributed by atoms with van der Waals surface area (Å²) in [6, 6.07) is 2.55. The normalized spacial score (nSPS) is 24.6. The molecule has 6 heteroatoms. The molecule has 2 fully saturated rings. The lowest BCUT2D eigenvalue weighted by Gasteiger charge is -2.37. The molecule has 1 amide bonds. The summed E-state index contributed by atoms with van der Waals surface area (Å²) in [6.45, 7) is 6.10. The summed E-state index contributed by atoms with van der Waals surface area (Å²) in [7, 11) is 2.13. The highest BCUT2D eigenvalue weighted by Crippen LogP contribution is 2.40. The first-order chi connectivity index (χ1) is 12.1. The Balaban J connectivity index is 1.67. The van der Waals surface area contributed by atoms with Crippen LogP contribution in [0.1, 0.15) is 61.5 Å². The van der Waals surface area contributed by atoms with Crippen LogP contribution < -0.4 is 5.32 Å². The van der Waals surface area contributed by atoms with Crippen LogP contribution >= 0.6 is 0 Å². The number of pyridine rings is 1. The molecular weight excluding hydrogens is 314 g/mol. The predicted molar refractivity (Wildman–Crippen MR) is 97.8 cm³/mol. The van der Waals surface area contributed by atoms with Crippen LogP contribution in [0.25, 0.3) is 11.0 Å². The molecule has 1 saturated carbocycles. The number of aryl methyl sites for hydroxylation is 1. The smallest absolute Gasteiger partial charge is 0.252 e. The van der Waals surface area contributed by atoms with E-state index in [1.807, 2.05) is 10.7 Å². The van der Waals surface area contributed by atoms with E-state index in [2.05, 4.69) is 36.2 Å². The van der Waals surface area contributed by atoms with Crippen molar-refractivity contribution >= 4 is 16.9 Å². The Hall–Kier alpha value is -1.95. The van der Waals surface area contributed by atoms with Crippen molar-refractivity contribution in [2.75, 3.05) is 13.6 Å². The lowest BCUT2D eigenvalue weighted by molar-refractivity contribution is 0.0869. The van der Waals surface area contributed by atoms with Crippen LogP contribution in [-0.2, 0) is 6.54 Å². The SMILES string of the molecule is CCn1ncc2c(C(=O)NC3CCCN(C)C3C)cc(C3CC3)nc21. The Labute approximate surface area is 148 Å². The Morgan fingerprint density at radius 1 is 1.36 bits per heavy atom. The highest BCUT2D eigenvalue weighted by molar-refractivity contribution is 6.05. The molecule has 1 aliphatic carbocycles. The fourth-order valence-electron chi connectivity index (χ4n) is 3.83. The Kier molecular flexibility index (Phi) is 4.23. The molecule has 3 heterocycles. The summed E-state index contributed by atoms with van der Waals surface area (Å²) in [5.41, 5.74) is 2.61. The molecule has 134 valence electrons. The minimum absolute atomic E-state index is 0.0112. The van der Waals surface area contributed by atoms with Gasteiger partial charge < -0.3 is 10.2 Å². The fraction of sp³-hybridized carbons (Fsp3) is 0.632. The number of carbonyl (C=O) groups excluding carboxylic acids is 1. The number of fused-ring (bicyclic) bond motifs is 1. The van der Waals surface area contributed by atoms with Crippen molar-refractivity contribution in [3.05, 3.63) is 23.5 Å². The molecule has 4 rings (SSSR count). The number of aromatic nitrogens is 3. The molecule has 1 saturated heterocycles. The number of piperidine rings is 1. The van der Waals surface area contributed by atoms with Gasteiger partial charge >= 0.3 is 0 Å². The standard InChI is InChI=1S/C19H27N5O/c1-4-24-18-15(11-20-24)14(10-17(21-18)13-7-8-13)19(25)22-16-6-5-9-23(3)12(16)2/h10-13,16H,4-9H2,1-3H3,(H,22,25). The molecule has 1 aliphatic heterocycles. The second-order valence-corrected chi connectivity index (χ2v) is 7.51. The Morgan fingerprint density at radius 3 is 2.88 bits per heavy atom. The van der Waals surface area contributed by atoms with E-state index in [0.29, 0.717) is 12.0 Å². The molecule has 0 bridgehead atoms. The van der Waals surface area contributed by atoms with E-state index in [-0.39, 0.29) is 11.9 Å². The summed E-state index contributed by atoms with van der Waals surface area (Å²) in [5, 5.41) is 8.55. The van der Waals surface area contributed by atoms with Crippen molar-refractivity contribution in [1.82, 2.24) is 25.0 Å². The van der Waals surface area contributed by atoms with Crippen LogP contribution in [0.15, 0.2) is 12.3 Å². The lowest BCUT2D eigenvalue weighted by atomic mass is 9.97. The zero-order valence-corrected chi connectivity index (χ0v) is 15.3. The summed E-state index contributed by atoms with van der Waals surface area (Å²) in [4.78, 5) is 20.2. The molecule has 2 aromatic rings. The van der Waals surface area contributed by atoms with Gasteiger partial charge in [0.15, 0.2) is 5.65 Å². The largest absolute Gasteiger partial charge is 0.348 e. The molecule has 25 heavy (non-hydrogen) atoms. The number of hydrogen-bond acceptors (Lipinski definition) is 4.